The Hall–Kier alpha value is -1.46. The summed E-state index contributed by atoms with van der Waals surface area (Å²) in [5.74, 6) is -0.0978. The lowest BCUT2D eigenvalue weighted by Gasteiger charge is -2.08. The first-order chi connectivity index (χ1) is 9.60. The molecule has 0 heterocycles. The van der Waals surface area contributed by atoms with Crippen molar-refractivity contribution in [2.24, 2.45) is 0 Å². The van der Waals surface area contributed by atoms with Crippen molar-refractivity contribution in [2.45, 2.75) is 16.7 Å². The standard InChI is InChI=1S/C15H15BrN2OS/c1-2-18-15(19)10-3-8-14(13(17)9-10)20-12-6-4-11(16)5-7-12/h3-9H,2,17H2,1H3,(H,18,19). The van der Waals surface area contributed by atoms with Crippen molar-refractivity contribution in [3.05, 3.63) is 52.5 Å². The average molecular weight is 351 g/mol. The molecule has 1 amide bonds. The maximum absolute atomic E-state index is 11.7. The van der Waals surface area contributed by atoms with Crippen LogP contribution in [0, 0.1) is 0 Å². The summed E-state index contributed by atoms with van der Waals surface area (Å²) in [7, 11) is 0. The fourth-order valence-corrected chi connectivity index (χ4v) is 2.78. The molecule has 0 spiro atoms. The highest BCUT2D eigenvalue weighted by Gasteiger charge is 2.08. The van der Waals surface area contributed by atoms with Gasteiger partial charge in [0.2, 0.25) is 0 Å². The molecule has 0 aliphatic carbocycles. The Balaban J connectivity index is 2.17. The van der Waals surface area contributed by atoms with E-state index in [-0.39, 0.29) is 5.91 Å². The van der Waals surface area contributed by atoms with Crippen LogP contribution < -0.4 is 11.1 Å². The van der Waals surface area contributed by atoms with Crippen molar-refractivity contribution in [1.29, 1.82) is 0 Å². The zero-order valence-corrected chi connectivity index (χ0v) is 13.4. The predicted molar refractivity (Wildman–Crippen MR) is 87.1 cm³/mol. The van der Waals surface area contributed by atoms with E-state index in [2.05, 4.69) is 21.2 Å². The lowest BCUT2D eigenvalue weighted by atomic mass is 10.2. The molecule has 0 atom stereocenters. The third kappa shape index (κ3) is 3.77. The van der Waals surface area contributed by atoms with Crippen molar-refractivity contribution >= 4 is 39.3 Å². The van der Waals surface area contributed by atoms with Gasteiger partial charge in [0, 0.05) is 32.1 Å². The minimum atomic E-state index is -0.0978. The molecule has 0 fully saturated rings. The Morgan fingerprint density at radius 2 is 1.95 bits per heavy atom. The van der Waals surface area contributed by atoms with Crippen LogP contribution in [0.4, 0.5) is 5.69 Å². The molecular weight excluding hydrogens is 336 g/mol. The number of carbonyl (C=O) groups excluding carboxylic acids is 1. The summed E-state index contributed by atoms with van der Waals surface area (Å²) in [4.78, 5) is 13.8. The summed E-state index contributed by atoms with van der Waals surface area (Å²) in [5.41, 5.74) is 7.22. The number of benzene rings is 2. The van der Waals surface area contributed by atoms with Crippen molar-refractivity contribution < 1.29 is 4.79 Å². The predicted octanol–water partition coefficient (Wildman–Crippen LogP) is 3.93. The molecule has 2 aromatic rings. The highest BCUT2D eigenvalue weighted by Crippen LogP contribution is 2.33. The van der Waals surface area contributed by atoms with Gasteiger partial charge in [-0.3, -0.25) is 4.79 Å². The van der Waals surface area contributed by atoms with E-state index >= 15 is 0 Å². The second-order valence-corrected chi connectivity index (χ2v) is 6.20. The fourth-order valence-electron chi connectivity index (χ4n) is 1.67. The number of nitrogens with one attached hydrogen (secondary N) is 1. The third-order valence-corrected chi connectivity index (χ3v) is 4.28. The van der Waals surface area contributed by atoms with Crippen LogP contribution in [0.25, 0.3) is 0 Å². The van der Waals surface area contributed by atoms with Gasteiger partial charge in [0.1, 0.15) is 0 Å². The van der Waals surface area contributed by atoms with E-state index in [1.165, 1.54) is 0 Å². The van der Waals surface area contributed by atoms with Crippen LogP contribution >= 0.6 is 27.7 Å². The van der Waals surface area contributed by atoms with Crippen LogP contribution in [-0.2, 0) is 0 Å². The molecule has 0 radical (unpaired) electrons. The monoisotopic (exact) mass is 350 g/mol. The molecule has 0 saturated heterocycles. The highest BCUT2D eigenvalue weighted by molar-refractivity contribution is 9.10. The minimum Gasteiger partial charge on any atom is -0.398 e. The molecule has 20 heavy (non-hydrogen) atoms. The number of nitrogens with two attached hydrogens (primary N) is 1. The van der Waals surface area contributed by atoms with E-state index in [1.54, 1.807) is 23.9 Å². The zero-order valence-electron chi connectivity index (χ0n) is 11.0. The molecule has 0 saturated carbocycles. The summed E-state index contributed by atoms with van der Waals surface area (Å²) in [6, 6.07) is 13.4. The van der Waals surface area contributed by atoms with Gasteiger partial charge in [-0.2, -0.15) is 0 Å². The molecule has 0 unspecified atom stereocenters. The minimum absolute atomic E-state index is 0.0978. The largest absolute Gasteiger partial charge is 0.398 e. The second kappa shape index (κ2) is 6.81. The van der Waals surface area contributed by atoms with Gasteiger partial charge in [-0.1, -0.05) is 27.7 Å². The SMILES string of the molecule is CCNC(=O)c1ccc(Sc2ccc(Br)cc2)c(N)c1. The first-order valence-corrected chi connectivity index (χ1v) is 7.82. The number of hydrogen-bond acceptors (Lipinski definition) is 3. The number of rotatable bonds is 4. The Morgan fingerprint density at radius 3 is 2.55 bits per heavy atom. The Kier molecular flexibility index (Phi) is 5.09. The van der Waals surface area contributed by atoms with Crippen LogP contribution in [0.1, 0.15) is 17.3 Å². The molecule has 2 aromatic carbocycles. The number of carbonyl (C=O) groups is 1. The van der Waals surface area contributed by atoms with Crippen LogP contribution in [0.5, 0.6) is 0 Å². The van der Waals surface area contributed by atoms with E-state index in [9.17, 15) is 4.79 Å². The third-order valence-electron chi connectivity index (χ3n) is 2.65. The molecule has 2 rings (SSSR count). The van der Waals surface area contributed by atoms with E-state index in [0.29, 0.717) is 17.8 Å². The number of hydrogen-bond donors (Lipinski definition) is 2. The Morgan fingerprint density at radius 1 is 1.25 bits per heavy atom. The van der Waals surface area contributed by atoms with Crippen LogP contribution in [0.3, 0.4) is 0 Å². The maximum Gasteiger partial charge on any atom is 0.251 e. The molecule has 3 N–H and O–H groups in total. The molecule has 5 heteroatoms. The summed E-state index contributed by atoms with van der Waals surface area (Å²) < 4.78 is 1.04. The van der Waals surface area contributed by atoms with Gasteiger partial charge < -0.3 is 11.1 Å². The van der Waals surface area contributed by atoms with Gasteiger partial charge in [-0.05, 0) is 49.4 Å². The molecule has 0 aliphatic rings. The number of halogens is 1. The average Bonchev–Trinajstić information content (AvgIpc) is 2.43. The normalized spacial score (nSPS) is 10.3. The van der Waals surface area contributed by atoms with Crippen LogP contribution in [-0.4, -0.2) is 12.5 Å². The summed E-state index contributed by atoms with van der Waals surface area (Å²) in [6.45, 7) is 2.49. The van der Waals surface area contributed by atoms with Crippen molar-refractivity contribution in [3.8, 4) is 0 Å². The van der Waals surface area contributed by atoms with Gasteiger partial charge in [0.05, 0.1) is 0 Å². The Labute approximate surface area is 131 Å². The first-order valence-electron chi connectivity index (χ1n) is 6.21. The lowest BCUT2D eigenvalue weighted by molar-refractivity contribution is 0.0956. The quantitative estimate of drug-likeness (QED) is 0.821. The van der Waals surface area contributed by atoms with Gasteiger partial charge in [-0.15, -0.1) is 0 Å². The van der Waals surface area contributed by atoms with Crippen molar-refractivity contribution in [1.82, 2.24) is 5.32 Å². The van der Waals surface area contributed by atoms with E-state index < -0.39 is 0 Å². The van der Waals surface area contributed by atoms with Crippen LogP contribution in [0.15, 0.2) is 56.7 Å². The molecular formula is C15H15BrN2OS. The molecule has 0 aromatic heterocycles. The maximum atomic E-state index is 11.7. The van der Waals surface area contributed by atoms with Crippen molar-refractivity contribution in [2.75, 3.05) is 12.3 Å². The number of amides is 1. The number of anilines is 1. The van der Waals surface area contributed by atoms with Crippen molar-refractivity contribution in [3.63, 3.8) is 0 Å². The second-order valence-electron chi connectivity index (χ2n) is 4.17. The van der Waals surface area contributed by atoms with E-state index in [4.69, 9.17) is 5.73 Å². The van der Waals surface area contributed by atoms with E-state index in [0.717, 1.165) is 14.3 Å². The molecule has 0 bridgehead atoms. The molecule has 0 aliphatic heterocycles. The fraction of sp³-hybridized carbons (Fsp3) is 0.133. The lowest BCUT2D eigenvalue weighted by Crippen LogP contribution is -2.22. The number of nitrogen functional groups attached to an aromatic ring is 1. The topological polar surface area (TPSA) is 55.1 Å². The molecule has 104 valence electrons. The van der Waals surface area contributed by atoms with E-state index in [1.807, 2.05) is 37.3 Å². The highest BCUT2D eigenvalue weighted by atomic mass is 79.9. The van der Waals surface area contributed by atoms with Gasteiger partial charge >= 0.3 is 0 Å². The Bertz CT molecular complexity index is 614. The summed E-state index contributed by atoms with van der Waals surface area (Å²) in [5, 5.41) is 2.76. The van der Waals surface area contributed by atoms with Crippen LogP contribution in [0.2, 0.25) is 0 Å². The van der Waals surface area contributed by atoms with Gasteiger partial charge in [-0.25, -0.2) is 0 Å². The zero-order chi connectivity index (χ0) is 14.5. The molecule has 3 nitrogen and oxygen atoms in total. The first kappa shape index (κ1) is 14.9. The summed E-state index contributed by atoms with van der Waals surface area (Å²) in [6.07, 6.45) is 0. The van der Waals surface area contributed by atoms with Gasteiger partial charge in [0.15, 0.2) is 0 Å². The smallest absolute Gasteiger partial charge is 0.251 e. The summed E-state index contributed by atoms with van der Waals surface area (Å²) >= 11 is 4.99. The van der Waals surface area contributed by atoms with Gasteiger partial charge in [0.25, 0.3) is 5.91 Å².